The van der Waals surface area contributed by atoms with Gasteiger partial charge in [-0.2, -0.15) is 0 Å². The summed E-state index contributed by atoms with van der Waals surface area (Å²) in [6.07, 6.45) is 2.70. The fourth-order valence-corrected chi connectivity index (χ4v) is 2.25. The number of hydrogen-bond donors (Lipinski definition) is 1. The quantitative estimate of drug-likeness (QED) is 0.837. The SMILES string of the molecule is COc1cc(C)c(N(C)CCNC2CC2)cc1C. The van der Waals surface area contributed by atoms with Crippen LogP contribution in [0.25, 0.3) is 0 Å². The minimum atomic E-state index is 0.789. The zero-order valence-electron chi connectivity index (χ0n) is 11.9. The number of likely N-dealkylation sites (N-methyl/N-ethyl adjacent to an activating group) is 1. The van der Waals surface area contributed by atoms with E-state index < -0.39 is 0 Å². The molecule has 0 unspecified atom stereocenters. The van der Waals surface area contributed by atoms with Crippen LogP contribution in [-0.2, 0) is 0 Å². The van der Waals surface area contributed by atoms with E-state index >= 15 is 0 Å². The number of hydrogen-bond acceptors (Lipinski definition) is 3. The molecule has 0 atom stereocenters. The Labute approximate surface area is 110 Å². The number of aryl methyl sites for hydroxylation is 2. The van der Waals surface area contributed by atoms with Gasteiger partial charge < -0.3 is 15.0 Å². The van der Waals surface area contributed by atoms with E-state index in [1.54, 1.807) is 7.11 Å². The van der Waals surface area contributed by atoms with Crippen LogP contribution in [-0.4, -0.2) is 33.3 Å². The van der Waals surface area contributed by atoms with Crippen molar-refractivity contribution in [3.05, 3.63) is 23.3 Å². The van der Waals surface area contributed by atoms with Crippen LogP contribution in [0.2, 0.25) is 0 Å². The van der Waals surface area contributed by atoms with Crippen LogP contribution >= 0.6 is 0 Å². The van der Waals surface area contributed by atoms with Gasteiger partial charge in [-0.3, -0.25) is 0 Å². The molecule has 1 aliphatic carbocycles. The lowest BCUT2D eigenvalue weighted by molar-refractivity contribution is 0.411. The predicted octanol–water partition coefficient (Wildman–Crippen LogP) is 2.50. The third-order valence-corrected chi connectivity index (χ3v) is 3.58. The number of benzene rings is 1. The average Bonchev–Trinajstić information content (AvgIpc) is 3.15. The molecule has 0 bridgehead atoms. The second kappa shape index (κ2) is 5.61. The Hall–Kier alpha value is -1.22. The lowest BCUT2D eigenvalue weighted by atomic mass is 10.1. The Morgan fingerprint density at radius 1 is 1.28 bits per heavy atom. The molecule has 1 aliphatic rings. The monoisotopic (exact) mass is 248 g/mol. The maximum Gasteiger partial charge on any atom is 0.122 e. The van der Waals surface area contributed by atoms with E-state index in [-0.39, 0.29) is 0 Å². The average molecular weight is 248 g/mol. The zero-order valence-corrected chi connectivity index (χ0v) is 11.9. The second-order valence-electron chi connectivity index (χ2n) is 5.26. The molecule has 18 heavy (non-hydrogen) atoms. The highest BCUT2D eigenvalue weighted by molar-refractivity contribution is 5.58. The zero-order chi connectivity index (χ0) is 13.1. The summed E-state index contributed by atoms with van der Waals surface area (Å²) in [4.78, 5) is 2.32. The number of methoxy groups -OCH3 is 1. The molecule has 3 nitrogen and oxygen atoms in total. The fraction of sp³-hybridized carbons (Fsp3) is 0.600. The molecule has 100 valence electrons. The molecule has 1 aromatic carbocycles. The molecule has 3 heteroatoms. The summed E-state index contributed by atoms with van der Waals surface area (Å²) in [5.41, 5.74) is 3.76. The van der Waals surface area contributed by atoms with E-state index in [0.717, 1.165) is 24.9 Å². The fourth-order valence-electron chi connectivity index (χ4n) is 2.25. The molecule has 0 aliphatic heterocycles. The van der Waals surface area contributed by atoms with Gasteiger partial charge in [0.15, 0.2) is 0 Å². The van der Waals surface area contributed by atoms with E-state index in [2.05, 4.69) is 43.2 Å². The van der Waals surface area contributed by atoms with Gasteiger partial charge in [0.25, 0.3) is 0 Å². The first-order valence-corrected chi connectivity index (χ1v) is 6.71. The number of anilines is 1. The van der Waals surface area contributed by atoms with Crippen LogP contribution in [0.15, 0.2) is 12.1 Å². The van der Waals surface area contributed by atoms with Crippen LogP contribution in [0.4, 0.5) is 5.69 Å². The van der Waals surface area contributed by atoms with Crippen molar-refractivity contribution < 1.29 is 4.74 Å². The normalized spacial score (nSPS) is 14.7. The van der Waals surface area contributed by atoms with Gasteiger partial charge in [0.2, 0.25) is 0 Å². The predicted molar refractivity (Wildman–Crippen MR) is 76.8 cm³/mol. The summed E-state index contributed by atoms with van der Waals surface area (Å²) in [6.45, 7) is 6.34. The Bertz CT molecular complexity index is 413. The molecule has 1 fully saturated rings. The number of nitrogens with one attached hydrogen (secondary N) is 1. The Balaban J connectivity index is 1.99. The molecule has 0 heterocycles. The highest BCUT2D eigenvalue weighted by atomic mass is 16.5. The molecule has 0 saturated heterocycles. The van der Waals surface area contributed by atoms with Gasteiger partial charge in [-0.1, -0.05) is 0 Å². The lowest BCUT2D eigenvalue weighted by Gasteiger charge is -2.23. The van der Waals surface area contributed by atoms with E-state index in [0.29, 0.717) is 0 Å². The second-order valence-corrected chi connectivity index (χ2v) is 5.26. The topological polar surface area (TPSA) is 24.5 Å². The molecule has 0 radical (unpaired) electrons. The van der Waals surface area contributed by atoms with Crippen molar-refractivity contribution >= 4 is 5.69 Å². The van der Waals surface area contributed by atoms with Gasteiger partial charge in [0.05, 0.1) is 7.11 Å². The van der Waals surface area contributed by atoms with E-state index in [9.17, 15) is 0 Å². The summed E-state index contributed by atoms with van der Waals surface area (Å²) >= 11 is 0. The molecule has 0 amide bonds. The summed E-state index contributed by atoms with van der Waals surface area (Å²) in [7, 11) is 3.88. The van der Waals surface area contributed by atoms with Crippen molar-refractivity contribution in [2.75, 3.05) is 32.1 Å². The number of nitrogens with zero attached hydrogens (tertiary/aromatic N) is 1. The molecule has 0 spiro atoms. The Morgan fingerprint density at radius 2 is 2.00 bits per heavy atom. The van der Waals surface area contributed by atoms with Crippen molar-refractivity contribution in [2.24, 2.45) is 0 Å². The summed E-state index contributed by atoms with van der Waals surface area (Å²) in [5.74, 6) is 0.973. The minimum Gasteiger partial charge on any atom is -0.496 e. The molecule has 2 rings (SSSR count). The summed E-state index contributed by atoms with van der Waals surface area (Å²) in [5, 5.41) is 3.55. The van der Waals surface area contributed by atoms with Crippen LogP contribution < -0.4 is 15.0 Å². The highest BCUT2D eigenvalue weighted by Gasteiger charge is 2.20. The van der Waals surface area contributed by atoms with Crippen LogP contribution in [0.1, 0.15) is 24.0 Å². The van der Waals surface area contributed by atoms with Crippen molar-refractivity contribution in [1.82, 2.24) is 5.32 Å². The van der Waals surface area contributed by atoms with Gasteiger partial charge in [-0.15, -0.1) is 0 Å². The van der Waals surface area contributed by atoms with E-state index in [1.165, 1.54) is 29.7 Å². The Kier molecular flexibility index (Phi) is 4.12. The summed E-state index contributed by atoms with van der Waals surface area (Å²) < 4.78 is 5.35. The van der Waals surface area contributed by atoms with Gasteiger partial charge in [0, 0.05) is 31.9 Å². The third-order valence-electron chi connectivity index (χ3n) is 3.58. The summed E-state index contributed by atoms with van der Waals surface area (Å²) in [6, 6.07) is 5.12. The van der Waals surface area contributed by atoms with Crippen molar-refractivity contribution in [3.8, 4) is 5.75 Å². The first kappa shape index (κ1) is 13.2. The van der Waals surface area contributed by atoms with Gasteiger partial charge in [0.1, 0.15) is 5.75 Å². The maximum absolute atomic E-state index is 5.35. The molecule has 1 aromatic rings. The number of rotatable bonds is 6. The number of ether oxygens (including phenoxy) is 1. The smallest absolute Gasteiger partial charge is 0.122 e. The molecule has 1 saturated carbocycles. The van der Waals surface area contributed by atoms with Crippen molar-refractivity contribution in [2.45, 2.75) is 32.7 Å². The van der Waals surface area contributed by atoms with Crippen LogP contribution in [0.5, 0.6) is 5.75 Å². The minimum absolute atomic E-state index is 0.789. The molecular formula is C15H24N2O. The largest absolute Gasteiger partial charge is 0.496 e. The standard InChI is InChI=1S/C15H24N2O/c1-11-10-15(18-4)12(2)9-14(11)17(3)8-7-16-13-5-6-13/h9-10,13,16H,5-8H2,1-4H3. The van der Waals surface area contributed by atoms with Crippen molar-refractivity contribution in [3.63, 3.8) is 0 Å². The van der Waals surface area contributed by atoms with E-state index in [1.807, 2.05) is 0 Å². The first-order chi connectivity index (χ1) is 8.61. The first-order valence-electron chi connectivity index (χ1n) is 6.71. The van der Waals surface area contributed by atoms with Crippen molar-refractivity contribution in [1.29, 1.82) is 0 Å². The Morgan fingerprint density at radius 3 is 2.61 bits per heavy atom. The lowest BCUT2D eigenvalue weighted by Crippen LogP contribution is -2.30. The molecule has 0 aromatic heterocycles. The highest BCUT2D eigenvalue weighted by Crippen LogP contribution is 2.28. The van der Waals surface area contributed by atoms with Gasteiger partial charge >= 0.3 is 0 Å². The third kappa shape index (κ3) is 3.16. The molecule has 1 N–H and O–H groups in total. The molecular weight excluding hydrogens is 224 g/mol. The van der Waals surface area contributed by atoms with E-state index in [4.69, 9.17) is 4.74 Å². The van der Waals surface area contributed by atoms with Crippen LogP contribution in [0, 0.1) is 13.8 Å². The van der Waals surface area contributed by atoms with Crippen LogP contribution in [0.3, 0.4) is 0 Å². The maximum atomic E-state index is 5.35. The van der Waals surface area contributed by atoms with Gasteiger partial charge in [-0.25, -0.2) is 0 Å². The van der Waals surface area contributed by atoms with Gasteiger partial charge in [-0.05, 0) is 49.9 Å².